The van der Waals surface area contributed by atoms with Crippen molar-refractivity contribution in [2.24, 2.45) is 4.99 Å². The maximum atomic E-state index is 12.4. The monoisotopic (exact) mass is 444 g/mol. The maximum absolute atomic E-state index is 12.4. The second-order valence-corrected chi connectivity index (χ2v) is 8.55. The number of benzene rings is 2. The molecule has 1 aromatic heterocycles. The second kappa shape index (κ2) is 11.0. The number of para-hydroxylation sites is 1. The van der Waals surface area contributed by atoms with Crippen LogP contribution in [0.25, 0.3) is 10.2 Å². The smallest absolute Gasteiger partial charge is 0.326 e. The van der Waals surface area contributed by atoms with Crippen LogP contribution in [0.2, 0.25) is 0 Å². The van der Waals surface area contributed by atoms with Gasteiger partial charge in [-0.1, -0.05) is 23.5 Å². The largest absolute Gasteiger partial charge is 0.497 e. The number of amides is 1. The minimum atomic E-state index is -0.342. The van der Waals surface area contributed by atoms with Crippen molar-refractivity contribution in [2.45, 2.75) is 31.2 Å². The average molecular weight is 445 g/mol. The lowest BCUT2D eigenvalue weighted by Gasteiger charge is -2.05. The molecule has 0 radical (unpaired) electrons. The molecule has 3 aromatic rings. The molecule has 0 fully saturated rings. The summed E-state index contributed by atoms with van der Waals surface area (Å²) < 4.78 is 13.0. The first-order valence-electron chi connectivity index (χ1n) is 9.69. The van der Waals surface area contributed by atoms with Crippen molar-refractivity contribution in [1.82, 2.24) is 4.57 Å². The van der Waals surface area contributed by atoms with Crippen LogP contribution in [0, 0.1) is 0 Å². The average Bonchev–Trinajstić information content (AvgIpc) is 3.08. The molecule has 0 aliphatic carbocycles. The van der Waals surface area contributed by atoms with Gasteiger partial charge in [-0.25, -0.2) is 0 Å². The number of hydrogen-bond acceptors (Lipinski definition) is 6. The molecular weight excluding hydrogens is 420 g/mol. The fourth-order valence-corrected chi connectivity index (χ4v) is 4.74. The van der Waals surface area contributed by atoms with E-state index in [1.165, 1.54) is 11.3 Å². The summed E-state index contributed by atoms with van der Waals surface area (Å²) in [5.41, 5.74) is 0.872. The third-order valence-electron chi connectivity index (χ3n) is 4.26. The van der Waals surface area contributed by atoms with Crippen molar-refractivity contribution in [3.63, 3.8) is 0 Å². The van der Waals surface area contributed by atoms with E-state index in [0.717, 1.165) is 33.0 Å². The summed E-state index contributed by atoms with van der Waals surface area (Å²) >= 11 is 3.10. The second-order valence-electron chi connectivity index (χ2n) is 6.38. The molecule has 2 aromatic carbocycles. The van der Waals surface area contributed by atoms with E-state index in [-0.39, 0.29) is 18.4 Å². The highest BCUT2D eigenvalue weighted by Gasteiger charge is 2.12. The molecule has 0 unspecified atom stereocenters. The number of rotatable bonds is 9. The molecule has 0 aliphatic rings. The lowest BCUT2D eigenvalue weighted by atomic mass is 10.3. The van der Waals surface area contributed by atoms with E-state index in [4.69, 9.17) is 9.47 Å². The summed E-state index contributed by atoms with van der Waals surface area (Å²) in [5.74, 6) is 1.12. The van der Waals surface area contributed by atoms with Gasteiger partial charge in [0.05, 0.1) is 23.9 Å². The summed E-state index contributed by atoms with van der Waals surface area (Å²) in [6, 6.07) is 15.6. The molecule has 1 amide bonds. The minimum absolute atomic E-state index is 0.0390. The Kier molecular flexibility index (Phi) is 8.10. The van der Waals surface area contributed by atoms with Crippen LogP contribution < -0.4 is 9.54 Å². The van der Waals surface area contributed by atoms with Crippen LogP contribution in [-0.4, -0.2) is 35.9 Å². The Bertz CT molecular complexity index is 1070. The molecule has 3 rings (SSSR count). The van der Waals surface area contributed by atoms with E-state index in [0.29, 0.717) is 17.8 Å². The van der Waals surface area contributed by atoms with Gasteiger partial charge in [0.1, 0.15) is 12.3 Å². The molecule has 0 saturated carbocycles. The molecule has 0 spiro atoms. The lowest BCUT2D eigenvalue weighted by Crippen LogP contribution is -2.23. The summed E-state index contributed by atoms with van der Waals surface area (Å²) in [5, 5.41) is 0. The van der Waals surface area contributed by atoms with Gasteiger partial charge in [0, 0.05) is 11.3 Å². The van der Waals surface area contributed by atoms with Crippen LogP contribution in [0.1, 0.15) is 19.8 Å². The van der Waals surface area contributed by atoms with Crippen LogP contribution in [-0.2, 0) is 20.9 Å². The predicted octanol–water partition coefficient (Wildman–Crippen LogP) is 4.27. The molecule has 0 saturated heterocycles. The molecule has 1 heterocycles. The molecule has 0 aliphatic heterocycles. The van der Waals surface area contributed by atoms with Gasteiger partial charge >= 0.3 is 5.97 Å². The van der Waals surface area contributed by atoms with Crippen LogP contribution in [0.5, 0.6) is 5.75 Å². The number of fused-ring (bicyclic) bond motifs is 1. The van der Waals surface area contributed by atoms with Gasteiger partial charge in [-0.2, -0.15) is 4.99 Å². The molecule has 8 heteroatoms. The zero-order valence-electron chi connectivity index (χ0n) is 17.0. The number of carbonyl (C=O) groups is 2. The molecule has 158 valence electrons. The van der Waals surface area contributed by atoms with E-state index in [1.54, 1.807) is 30.4 Å². The summed E-state index contributed by atoms with van der Waals surface area (Å²) in [6.45, 7) is 2.13. The third kappa shape index (κ3) is 5.96. The lowest BCUT2D eigenvalue weighted by molar-refractivity contribution is -0.143. The van der Waals surface area contributed by atoms with Gasteiger partial charge in [-0.05, 0) is 55.5 Å². The van der Waals surface area contributed by atoms with Gasteiger partial charge in [0.25, 0.3) is 0 Å². The predicted molar refractivity (Wildman–Crippen MR) is 120 cm³/mol. The number of thioether (sulfide) groups is 1. The topological polar surface area (TPSA) is 69.9 Å². The Morgan fingerprint density at radius 1 is 1.13 bits per heavy atom. The van der Waals surface area contributed by atoms with E-state index in [1.807, 2.05) is 48.5 Å². The van der Waals surface area contributed by atoms with Gasteiger partial charge in [-0.15, -0.1) is 11.8 Å². The highest BCUT2D eigenvalue weighted by atomic mass is 32.2. The number of ether oxygens (including phenoxy) is 2. The normalized spacial score (nSPS) is 11.6. The van der Waals surface area contributed by atoms with Crippen LogP contribution in [0.3, 0.4) is 0 Å². The van der Waals surface area contributed by atoms with Gasteiger partial charge in [0.2, 0.25) is 5.91 Å². The van der Waals surface area contributed by atoms with E-state index in [9.17, 15) is 9.59 Å². The zero-order valence-corrected chi connectivity index (χ0v) is 18.6. The van der Waals surface area contributed by atoms with Crippen LogP contribution in [0.4, 0.5) is 0 Å². The van der Waals surface area contributed by atoms with Gasteiger partial charge in [-0.3, -0.25) is 9.59 Å². The maximum Gasteiger partial charge on any atom is 0.326 e. The van der Waals surface area contributed by atoms with E-state index < -0.39 is 0 Å². The fraction of sp³-hybridized carbons (Fsp3) is 0.318. The van der Waals surface area contributed by atoms with E-state index in [2.05, 4.69) is 4.99 Å². The summed E-state index contributed by atoms with van der Waals surface area (Å²) in [6.07, 6.45) is 1.08. The number of methoxy groups -OCH3 is 1. The van der Waals surface area contributed by atoms with Crippen LogP contribution >= 0.6 is 23.1 Å². The number of esters is 1. The fourth-order valence-electron chi connectivity index (χ4n) is 2.84. The Morgan fingerprint density at radius 2 is 1.90 bits per heavy atom. The first kappa shape index (κ1) is 22.1. The Hall–Kier alpha value is -2.58. The molecule has 30 heavy (non-hydrogen) atoms. The molecule has 6 nitrogen and oxygen atoms in total. The van der Waals surface area contributed by atoms with Gasteiger partial charge < -0.3 is 14.0 Å². The summed E-state index contributed by atoms with van der Waals surface area (Å²) in [4.78, 5) is 30.4. The Morgan fingerprint density at radius 3 is 2.63 bits per heavy atom. The number of thiazole rings is 1. The van der Waals surface area contributed by atoms with Crippen molar-refractivity contribution >= 4 is 45.2 Å². The van der Waals surface area contributed by atoms with Gasteiger partial charge in [0.15, 0.2) is 4.80 Å². The Balaban J connectivity index is 1.64. The highest BCUT2D eigenvalue weighted by Crippen LogP contribution is 2.22. The first-order valence-corrected chi connectivity index (χ1v) is 11.5. The van der Waals surface area contributed by atoms with Crippen molar-refractivity contribution < 1.29 is 19.1 Å². The zero-order chi connectivity index (χ0) is 21.3. The first-order chi connectivity index (χ1) is 14.6. The molecule has 0 bridgehead atoms. The van der Waals surface area contributed by atoms with E-state index >= 15 is 0 Å². The molecular formula is C22H24N2O4S2. The number of carbonyl (C=O) groups excluding carboxylic acids is 2. The number of aromatic nitrogens is 1. The van der Waals surface area contributed by atoms with Crippen molar-refractivity contribution in [3.8, 4) is 5.75 Å². The van der Waals surface area contributed by atoms with Crippen molar-refractivity contribution in [2.75, 3.05) is 19.5 Å². The molecule has 0 N–H and O–H groups in total. The number of hydrogen-bond donors (Lipinski definition) is 0. The Labute approximate surface area is 183 Å². The number of nitrogens with zero attached hydrogens (tertiary/aromatic N) is 2. The van der Waals surface area contributed by atoms with Crippen molar-refractivity contribution in [3.05, 3.63) is 53.3 Å². The quantitative estimate of drug-likeness (QED) is 0.280. The minimum Gasteiger partial charge on any atom is -0.497 e. The standard InChI is InChI=1S/C22H24N2O4S2/c1-3-28-21(26)15-24-18-7-4-5-8-19(18)30-22(24)23-20(25)9-6-14-29-17-12-10-16(27-2)11-13-17/h4-5,7-8,10-13H,3,6,9,14-15H2,1-2H3. The van der Waals surface area contributed by atoms with Crippen LogP contribution in [0.15, 0.2) is 58.4 Å². The third-order valence-corrected chi connectivity index (χ3v) is 6.42. The highest BCUT2D eigenvalue weighted by molar-refractivity contribution is 7.99. The molecule has 0 atom stereocenters. The SMILES string of the molecule is CCOC(=O)Cn1c(=NC(=O)CCCSc2ccc(OC)cc2)sc2ccccc21. The summed E-state index contributed by atoms with van der Waals surface area (Å²) in [7, 11) is 1.64. The van der Waals surface area contributed by atoms with Crippen molar-refractivity contribution in [1.29, 1.82) is 0 Å².